The molecule has 2 amide bonds. The molecule has 1 aromatic carbocycles. The molecule has 0 bridgehead atoms. The van der Waals surface area contributed by atoms with Gasteiger partial charge in [-0.2, -0.15) is 0 Å². The third-order valence-electron chi connectivity index (χ3n) is 3.06. The lowest BCUT2D eigenvalue weighted by molar-refractivity contribution is -0.274. The fraction of sp³-hybridized carbons (Fsp3) is 0.467. The molecule has 0 radical (unpaired) electrons. The standard InChI is InChI=1S/C15H19F3N2O3/c1-9(19-10(2)21)13(22)20-14(3,4)11-5-7-12(8-6-11)23-15(16,17)18/h5-9H,1-4H3,(H,19,21)(H,20,22)/t9-/m1/s1. The first-order chi connectivity index (χ1) is 10.4. The number of hydrogen-bond donors (Lipinski definition) is 2. The summed E-state index contributed by atoms with van der Waals surface area (Å²) in [6.07, 6.45) is -4.75. The second-order valence-electron chi connectivity index (χ2n) is 5.61. The Morgan fingerprint density at radius 2 is 1.65 bits per heavy atom. The Morgan fingerprint density at radius 3 is 2.09 bits per heavy atom. The summed E-state index contributed by atoms with van der Waals surface area (Å²) < 4.78 is 40.2. The van der Waals surface area contributed by atoms with E-state index < -0.39 is 23.9 Å². The van der Waals surface area contributed by atoms with Crippen LogP contribution in [0, 0.1) is 0 Å². The predicted octanol–water partition coefficient (Wildman–Crippen LogP) is 2.46. The fourth-order valence-corrected chi connectivity index (χ4v) is 1.93. The van der Waals surface area contributed by atoms with Gasteiger partial charge in [0.25, 0.3) is 0 Å². The minimum Gasteiger partial charge on any atom is -0.406 e. The van der Waals surface area contributed by atoms with Gasteiger partial charge < -0.3 is 15.4 Å². The zero-order valence-electron chi connectivity index (χ0n) is 13.2. The number of amides is 2. The highest BCUT2D eigenvalue weighted by atomic mass is 19.4. The number of rotatable bonds is 5. The van der Waals surface area contributed by atoms with Crippen LogP contribution < -0.4 is 15.4 Å². The lowest BCUT2D eigenvalue weighted by Gasteiger charge is -2.29. The van der Waals surface area contributed by atoms with Crippen molar-refractivity contribution in [1.29, 1.82) is 0 Å². The van der Waals surface area contributed by atoms with E-state index in [0.29, 0.717) is 5.56 Å². The first kappa shape index (κ1) is 18.8. The molecule has 0 saturated carbocycles. The van der Waals surface area contributed by atoms with Gasteiger partial charge in [-0.05, 0) is 38.5 Å². The Morgan fingerprint density at radius 1 is 1.13 bits per heavy atom. The minimum absolute atomic E-state index is 0.334. The first-order valence-electron chi connectivity index (χ1n) is 6.86. The van der Waals surface area contributed by atoms with Crippen LogP contribution >= 0.6 is 0 Å². The number of ether oxygens (including phenoxy) is 1. The number of halogens is 3. The summed E-state index contributed by atoms with van der Waals surface area (Å²) in [6.45, 7) is 6.23. The molecule has 0 saturated heterocycles. The summed E-state index contributed by atoms with van der Waals surface area (Å²) in [5, 5.41) is 5.18. The van der Waals surface area contributed by atoms with E-state index >= 15 is 0 Å². The van der Waals surface area contributed by atoms with Crippen molar-refractivity contribution in [2.75, 3.05) is 0 Å². The smallest absolute Gasteiger partial charge is 0.406 e. The molecule has 0 aliphatic heterocycles. The molecule has 8 heteroatoms. The van der Waals surface area contributed by atoms with E-state index in [4.69, 9.17) is 0 Å². The maximum Gasteiger partial charge on any atom is 0.573 e. The van der Waals surface area contributed by atoms with Gasteiger partial charge in [0, 0.05) is 6.92 Å². The highest BCUT2D eigenvalue weighted by Crippen LogP contribution is 2.26. The number of hydrogen-bond acceptors (Lipinski definition) is 3. The van der Waals surface area contributed by atoms with Crippen LogP contribution in [0.1, 0.15) is 33.3 Å². The maximum absolute atomic E-state index is 12.1. The predicted molar refractivity (Wildman–Crippen MR) is 77.6 cm³/mol. The SMILES string of the molecule is CC(=O)N[C@H](C)C(=O)NC(C)(C)c1ccc(OC(F)(F)F)cc1. The molecule has 128 valence electrons. The highest BCUT2D eigenvalue weighted by Gasteiger charge is 2.31. The summed E-state index contributed by atoms with van der Waals surface area (Å²) in [4.78, 5) is 23.0. The number of alkyl halides is 3. The zero-order chi connectivity index (χ0) is 17.8. The van der Waals surface area contributed by atoms with E-state index in [-0.39, 0.29) is 11.7 Å². The van der Waals surface area contributed by atoms with Crippen molar-refractivity contribution in [2.45, 2.75) is 45.6 Å². The fourth-order valence-electron chi connectivity index (χ4n) is 1.93. The van der Waals surface area contributed by atoms with Crippen LogP contribution in [0.5, 0.6) is 5.75 Å². The van der Waals surface area contributed by atoms with Gasteiger partial charge in [-0.15, -0.1) is 13.2 Å². The van der Waals surface area contributed by atoms with Crippen LogP contribution in [0.25, 0.3) is 0 Å². The molecule has 0 aliphatic carbocycles. The van der Waals surface area contributed by atoms with Crippen molar-refractivity contribution in [1.82, 2.24) is 10.6 Å². The van der Waals surface area contributed by atoms with Gasteiger partial charge in [0.2, 0.25) is 11.8 Å². The third-order valence-corrected chi connectivity index (χ3v) is 3.06. The van der Waals surface area contributed by atoms with E-state index in [1.54, 1.807) is 13.8 Å². The largest absolute Gasteiger partial charge is 0.573 e. The number of benzene rings is 1. The summed E-state index contributed by atoms with van der Waals surface area (Å²) in [6, 6.07) is 4.50. The third kappa shape index (κ3) is 6.17. The van der Waals surface area contributed by atoms with Gasteiger partial charge in [-0.3, -0.25) is 9.59 Å². The molecule has 23 heavy (non-hydrogen) atoms. The van der Waals surface area contributed by atoms with Crippen LogP contribution in [0.3, 0.4) is 0 Å². The second-order valence-corrected chi connectivity index (χ2v) is 5.61. The van der Waals surface area contributed by atoms with Crippen molar-refractivity contribution in [3.8, 4) is 5.75 Å². The minimum atomic E-state index is -4.75. The van der Waals surface area contributed by atoms with Gasteiger partial charge in [-0.25, -0.2) is 0 Å². The Hall–Kier alpha value is -2.25. The molecule has 1 aromatic rings. The molecular formula is C15H19F3N2O3. The Bertz CT molecular complexity index is 568. The van der Waals surface area contributed by atoms with E-state index in [0.717, 1.165) is 0 Å². The Kier molecular flexibility index (Phi) is 5.63. The van der Waals surface area contributed by atoms with Crippen molar-refractivity contribution < 1.29 is 27.5 Å². The first-order valence-corrected chi connectivity index (χ1v) is 6.86. The monoisotopic (exact) mass is 332 g/mol. The lowest BCUT2D eigenvalue weighted by Crippen LogP contribution is -2.50. The van der Waals surface area contributed by atoms with E-state index in [9.17, 15) is 22.8 Å². The van der Waals surface area contributed by atoms with Crippen LogP contribution in [-0.2, 0) is 15.1 Å². The molecule has 0 aliphatic rings. The molecular weight excluding hydrogens is 313 g/mol. The highest BCUT2D eigenvalue weighted by molar-refractivity contribution is 5.86. The quantitative estimate of drug-likeness (QED) is 0.870. The summed E-state index contributed by atoms with van der Waals surface area (Å²) in [7, 11) is 0. The van der Waals surface area contributed by atoms with Gasteiger partial charge in [-0.1, -0.05) is 12.1 Å². The number of carbonyl (C=O) groups excluding carboxylic acids is 2. The van der Waals surface area contributed by atoms with Crippen LogP contribution in [0.2, 0.25) is 0 Å². The number of nitrogens with one attached hydrogen (secondary N) is 2. The van der Waals surface area contributed by atoms with Crippen molar-refractivity contribution in [3.05, 3.63) is 29.8 Å². The Labute approximate surface area is 132 Å². The van der Waals surface area contributed by atoms with Crippen LogP contribution in [0.4, 0.5) is 13.2 Å². The molecule has 2 N–H and O–H groups in total. The molecule has 0 heterocycles. The molecule has 0 spiro atoms. The summed E-state index contributed by atoms with van der Waals surface area (Å²) >= 11 is 0. The molecule has 1 rings (SSSR count). The Balaban J connectivity index is 2.79. The van der Waals surface area contributed by atoms with Crippen LogP contribution in [-0.4, -0.2) is 24.2 Å². The number of carbonyl (C=O) groups is 2. The topological polar surface area (TPSA) is 67.4 Å². The van der Waals surface area contributed by atoms with Gasteiger partial charge in [0.05, 0.1) is 5.54 Å². The van der Waals surface area contributed by atoms with E-state index in [1.807, 2.05) is 0 Å². The molecule has 0 aromatic heterocycles. The van der Waals surface area contributed by atoms with Crippen LogP contribution in [0.15, 0.2) is 24.3 Å². The summed E-state index contributed by atoms with van der Waals surface area (Å²) in [5.74, 6) is -1.07. The van der Waals surface area contributed by atoms with E-state index in [2.05, 4.69) is 15.4 Å². The zero-order valence-corrected chi connectivity index (χ0v) is 13.2. The summed E-state index contributed by atoms with van der Waals surface area (Å²) in [5.41, 5.74) is -0.240. The average molecular weight is 332 g/mol. The lowest BCUT2D eigenvalue weighted by atomic mass is 9.94. The average Bonchev–Trinajstić information content (AvgIpc) is 2.36. The molecule has 5 nitrogen and oxygen atoms in total. The van der Waals surface area contributed by atoms with Crippen molar-refractivity contribution in [2.24, 2.45) is 0 Å². The normalized spacial score (nSPS) is 13.2. The van der Waals surface area contributed by atoms with Gasteiger partial charge in [0.15, 0.2) is 0 Å². The van der Waals surface area contributed by atoms with Gasteiger partial charge in [0.1, 0.15) is 11.8 Å². The second kappa shape index (κ2) is 6.89. The van der Waals surface area contributed by atoms with Crippen molar-refractivity contribution in [3.63, 3.8) is 0 Å². The van der Waals surface area contributed by atoms with E-state index in [1.165, 1.54) is 38.1 Å². The van der Waals surface area contributed by atoms with Gasteiger partial charge >= 0.3 is 6.36 Å². The maximum atomic E-state index is 12.1. The molecule has 0 unspecified atom stereocenters. The molecule has 0 fully saturated rings. The molecule has 1 atom stereocenters. The van der Waals surface area contributed by atoms with Crippen molar-refractivity contribution >= 4 is 11.8 Å².